The minimum absolute atomic E-state index is 0.0288. The molecule has 1 heterocycles. The van der Waals surface area contributed by atoms with Crippen LogP contribution in [0.3, 0.4) is 0 Å². The van der Waals surface area contributed by atoms with Gasteiger partial charge in [0.15, 0.2) is 0 Å². The average Bonchev–Trinajstić information content (AvgIpc) is 2.60. The van der Waals surface area contributed by atoms with Crippen molar-refractivity contribution < 1.29 is 14.1 Å². The Bertz CT molecular complexity index is 725. The Balaban J connectivity index is 2.26. The van der Waals surface area contributed by atoms with Crippen LogP contribution in [-0.4, -0.2) is 37.3 Å². The van der Waals surface area contributed by atoms with Crippen molar-refractivity contribution in [2.45, 2.75) is 46.8 Å². The van der Waals surface area contributed by atoms with Gasteiger partial charge in [-0.3, -0.25) is 9.69 Å². The predicted molar refractivity (Wildman–Crippen MR) is 106 cm³/mol. The van der Waals surface area contributed by atoms with E-state index in [1.165, 1.54) is 0 Å². The van der Waals surface area contributed by atoms with E-state index in [0.29, 0.717) is 11.4 Å². The smallest absolute Gasteiger partial charge is 0.405 e. The number of aromatic nitrogens is 1. The lowest BCUT2D eigenvalue weighted by molar-refractivity contribution is 0.0992. The van der Waals surface area contributed by atoms with Crippen LogP contribution < -0.4 is 10.4 Å². The molecule has 0 saturated heterocycles. The van der Waals surface area contributed by atoms with Crippen LogP contribution in [0.2, 0.25) is 0 Å². The van der Waals surface area contributed by atoms with Crippen LogP contribution in [0.1, 0.15) is 43.6 Å². The number of benzene rings is 1. The SMILES string of the molecule is Cc1cc(B(OC(C)C)OC(C)C)cnc1N(C)C(=O)c1ccccc1. The molecule has 0 N–H and O–H groups in total. The Morgan fingerprint density at radius 3 is 2.15 bits per heavy atom. The first-order valence-electron chi connectivity index (χ1n) is 8.90. The first kappa shape index (κ1) is 20.1. The standard InChI is InChI=1S/C20H27BN2O3/c1-14(2)25-21(26-15(3)4)18-12-16(5)19(22-13-18)23(6)20(24)17-10-8-7-9-11-17/h7-15H,1-6H3. The van der Waals surface area contributed by atoms with Crippen molar-refractivity contribution in [1.82, 2.24) is 4.98 Å². The van der Waals surface area contributed by atoms with Crippen LogP contribution >= 0.6 is 0 Å². The van der Waals surface area contributed by atoms with Gasteiger partial charge in [0.05, 0.1) is 0 Å². The molecule has 5 nitrogen and oxygen atoms in total. The van der Waals surface area contributed by atoms with Crippen molar-refractivity contribution in [1.29, 1.82) is 0 Å². The molecule has 0 atom stereocenters. The maximum atomic E-state index is 12.6. The summed E-state index contributed by atoms with van der Waals surface area (Å²) < 4.78 is 11.8. The summed E-state index contributed by atoms with van der Waals surface area (Å²) in [5, 5.41) is 0. The molecule has 1 aromatic carbocycles. The van der Waals surface area contributed by atoms with Gasteiger partial charge in [0.2, 0.25) is 0 Å². The average molecular weight is 354 g/mol. The second-order valence-electron chi connectivity index (χ2n) is 6.84. The molecule has 2 aromatic rings. The number of rotatable bonds is 7. The second kappa shape index (κ2) is 8.96. The van der Waals surface area contributed by atoms with E-state index in [1.54, 1.807) is 30.3 Å². The summed E-state index contributed by atoms with van der Waals surface area (Å²) in [6.45, 7) is 9.81. The van der Waals surface area contributed by atoms with Gasteiger partial charge in [-0.05, 0) is 52.3 Å². The highest BCUT2D eigenvalue weighted by atomic mass is 16.6. The van der Waals surface area contributed by atoms with E-state index in [9.17, 15) is 4.79 Å². The molecule has 0 aliphatic carbocycles. The number of amides is 1. The third-order valence-corrected chi connectivity index (χ3v) is 3.78. The Morgan fingerprint density at radius 1 is 1.08 bits per heavy atom. The minimum Gasteiger partial charge on any atom is -0.405 e. The fourth-order valence-corrected chi connectivity index (χ4v) is 2.62. The number of nitrogens with zero attached hydrogens (tertiary/aromatic N) is 2. The molecular formula is C20H27BN2O3. The van der Waals surface area contributed by atoms with Crippen LogP contribution in [0.5, 0.6) is 0 Å². The molecule has 0 spiro atoms. The molecule has 0 aliphatic rings. The molecule has 0 fully saturated rings. The Morgan fingerprint density at radius 2 is 1.65 bits per heavy atom. The summed E-state index contributed by atoms with van der Waals surface area (Å²) in [6.07, 6.45) is 1.77. The Labute approximate surface area is 156 Å². The molecule has 0 unspecified atom stereocenters. The molecule has 1 amide bonds. The maximum absolute atomic E-state index is 12.6. The van der Waals surface area contributed by atoms with Crippen molar-refractivity contribution in [2.75, 3.05) is 11.9 Å². The van der Waals surface area contributed by atoms with Gasteiger partial charge in [0.25, 0.3) is 5.91 Å². The number of carbonyl (C=O) groups is 1. The van der Waals surface area contributed by atoms with Gasteiger partial charge in [-0.15, -0.1) is 0 Å². The second-order valence-corrected chi connectivity index (χ2v) is 6.84. The van der Waals surface area contributed by atoms with Crippen LogP contribution in [0, 0.1) is 6.92 Å². The number of anilines is 1. The topological polar surface area (TPSA) is 51.7 Å². The summed E-state index contributed by atoms with van der Waals surface area (Å²) in [6, 6.07) is 11.1. The lowest BCUT2D eigenvalue weighted by Gasteiger charge is -2.22. The van der Waals surface area contributed by atoms with E-state index in [1.807, 2.05) is 58.9 Å². The molecule has 26 heavy (non-hydrogen) atoms. The monoisotopic (exact) mass is 354 g/mol. The maximum Gasteiger partial charge on any atom is 0.495 e. The number of carbonyl (C=O) groups excluding carboxylic acids is 1. The molecule has 0 radical (unpaired) electrons. The molecule has 0 saturated carbocycles. The lowest BCUT2D eigenvalue weighted by atomic mass is 9.78. The molecule has 138 valence electrons. The Kier molecular flexibility index (Phi) is 6.94. The van der Waals surface area contributed by atoms with Gasteiger partial charge in [0, 0.05) is 36.5 Å². The van der Waals surface area contributed by atoms with E-state index in [0.717, 1.165) is 11.0 Å². The molecular weight excluding hydrogens is 327 g/mol. The highest BCUT2D eigenvalue weighted by Crippen LogP contribution is 2.17. The normalized spacial score (nSPS) is 11.1. The van der Waals surface area contributed by atoms with Gasteiger partial charge >= 0.3 is 7.12 Å². The number of pyridine rings is 1. The molecule has 0 aliphatic heterocycles. The zero-order valence-corrected chi connectivity index (χ0v) is 16.4. The van der Waals surface area contributed by atoms with E-state index < -0.39 is 7.12 Å². The van der Waals surface area contributed by atoms with Gasteiger partial charge in [-0.1, -0.05) is 24.3 Å². The van der Waals surface area contributed by atoms with Gasteiger partial charge < -0.3 is 9.31 Å². The summed E-state index contributed by atoms with van der Waals surface area (Å²) in [5.41, 5.74) is 2.36. The molecule has 0 bridgehead atoms. The summed E-state index contributed by atoms with van der Waals surface area (Å²) in [7, 11) is 1.25. The van der Waals surface area contributed by atoms with E-state index in [2.05, 4.69) is 4.98 Å². The number of aryl methyl sites for hydroxylation is 1. The third-order valence-electron chi connectivity index (χ3n) is 3.78. The van der Waals surface area contributed by atoms with E-state index >= 15 is 0 Å². The quantitative estimate of drug-likeness (QED) is 0.717. The fraction of sp³-hybridized carbons (Fsp3) is 0.400. The van der Waals surface area contributed by atoms with Crippen molar-refractivity contribution in [2.24, 2.45) is 0 Å². The highest BCUT2D eigenvalue weighted by molar-refractivity contribution is 6.61. The first-order chi connectivity index (χ1) is 12.3. The van der Waals surface area contributed by atoms with E-state index in [4.69, 9.17) is 9.31 Å². The van der Waals surface area contributed by atoms with E-state index in [-0.39, 0.29) is 18.1 Å². The molecule has 2 rings (SSSR count). The van der Waals surface area contributed by atoms with Crippen LogP contribution in [0.15, 0.2) is 42.6 Å². The van der Waals surface area contributed by atoms with Gasteiger partial charge in [-0.25, -0.2) is 4.98 Å². The first-order valence-corrected chi connectivity index (χ1v) is 8.90. The molecule has 6 heteroatoms. The fourth-order valence-electron chi connectivity index (χ4n) is 2.62. The van der Waals surface area contributed by atoms with Crippen LogP contribution in [0.25, 0.3) is 0 Å². The van der Waals surface area contributed by atoms with Gasteiger partial charge in [-0.2, -0.15) is 0 Å². The number of hydrogen-bond donors (Lipinski definition) is 0. The summed E-state index contributed by atoms with van der Waals surface area (Å²) in [4.78, 5) is 18.7. The third kappa shape index (κ3) is 5.16. The summed E-state index contributed by atoms with van der Waals surface area (Å²) >= 11 is 0. The van der Waals surface area contributed by atoms with Crippen molar-refractivity contribution >= 4 is 24.3 Å². The minimum atomic E-state index is -0.481. The molecule has 1 aromatic heterocycles. The van der Waals surface area contributed by atoms with Gasteiger partial charge in [0.1, 0.15) is 5.82 Å². The van der Waals surface area contributed by atoms with Crippen molar-refractivity contribution in [3.05, 3.63) is 53.7 Å². The zero-order chi connectivity index (χ0) is 19.3. The summed E-state index contributed by atoms with van der Waals surface area (Å²) in [5.74, 6) is 0.526. The van der Waals surface area contributed by atoms with Crippen molar-refractivity contribution in [3.63, 3.8) is 0 Å². The highest BCUT2D eigenvalue weighted by Gasteiger charge is 2.26. The lowest BCUT2D eigenvalue weighted by Crippen LogP contribution is -2.41. The largest absolute Gasteiger partial charge is 0.495 e. The van der Waals surface area contributed by atoms with Crippen LogP contribution in [-0.2, 0) is 9.31 Å². The number of hydrogen-bond acceptors (Lipinski definition) is 4. The zero-order valence-electron chi connectivity index (χ0n) is 16.4. The predicted octanol–water partition coefficient (Wildman–Crippen LogP) is 3.21. The van der Waals surface area contributed by atoms with Crippen molar-refractivity contribution in [3.8, 4) is 0 Å². The van der Waals surface area contributed by atoms with Crippen LogP contribution in [0.4, 0.5) is 5.82 Å². The Hall–Kier alpha value is -2.18.